The summed E-state index contributed by atoms with van der Waals surface area (Å²) in [6.45, 7) is 7.14. The van der Waals surface area contributed by atoms with E-state index in [1.165, 1.54) is 6.07 Å². The van der Waals surface area contributed by atoms with Crippen molar-refractivity contribution in [2.24, 2.45) is 0 Å². The van der Waals surface area contributed by atoms with Crippen molar-refractivity contribution in [3.63, 3.8) is 0 Å². The fourth-order valence-electron chi connectivity index (χ4n) is 3.80. The normalized spacial score (nSPS) is 16.4. The van der Waals surface area contributed by atoms with Gasteiger partial charge in [-0.05, 0) is 44.9 Å². The van der Waals surface area contributed by atoms with Gasteiger partial charge in [-0.15, -0.1) is 0 Å². The quantitative estimate of drug-likeness (QED) is 0.633. The summed E-state index contributed by atoms with van der Waals surface area (Å²) >= 11 is 0. The molecule has 4 rings (SSSR count). The molecule has 1 aliphatic heterocycles. The van der Waals surface area contributed by atoms with Gasteiger partial charge in [0.2, 0.25) is 0 Å². The molecule has 1 saturated heterocycles. The molecule has 0 bridgehead atoms. The van der Waals surface area contributed by atoms with Gasteiger partial charge in [-0.3, -0.25) is 4.79 Å². The third-order valence-corrected chi connectivity index (χ3v) is 5.33. The largest absolute Gasteiger partial charge is 0.497 e. The van der Waals surface area contributed by atoms with E-state index in [9.17, 15) is 9.59 Å². The second-order valence-corrected chi connectivity index (χ2v) is 8.98. The molecule has 3 heterocycles. The van der Waals surface area contributed by atoms with Crippen molar-refractivity contribution in [3.05, 3.63) is 52.3 Å². The summed E-state index contributed by atoms with van der Waals surface area (Å²) in [4.78, 5) is 29.8. The molecule has 9 nitrogen and oxygen atoms in total. The fraction of sp³-hybridized carbons (Fsp3) is 0.435. The summed E-state index contributed by atoms with van der Waals surface area (Å²) in [6.07, 6.45) is 2.05. The number of fused-ring (bicyclic) bond motifs is 1. The number of aromatic nitrogens is 3. The first kappa shape index (κ1) is 21.7. The van der Waals surface area contributed by atoms with E-state index in [1.54, 1.807) is 22.9 Å². The summed E-state index contributed by atoms with van der Waals surface area (Å²) < 4.78 is 12.5. The molecule has 1 aromatic carbocycles. The monoisotopic (exact) mass is 439 g/mol. The van der Waals surface area contributed by atoms with Crippen LogP contribution in [0.4, 0.5) is 10.6 Å². The lowest BCUT2D eigenvalue weighted by Gasteiger charge is -2.24. The number of anilines is 1. The number of nitrogens with one attached hydrogen (secondary N) is 2. The zero-order valence-electron chi connectivity index (χ0n) is 18.8. The molecule has 170 valence electrons. The summed E-state index contributed by atoms with van der Waals surface area (Å²) in [5, 5.41) is 8.58. The fourth-order valence-corrected chi connectivity index (χ4v) is 3.80. The number of pyridine rings is 1. The Balaban J connectivity index is 1.54. The van der Waals surface area contributed by atoms with Crippen LogP contribution in [0.25, 0.3) is 11.0 Å². The number of methoxy groups -OCH3 is 1. The van der Waals surface area contributed by atoms with Gasteiger partial charge in [-0.2, -0.15) is 5.10 Å². The summed E-state index contributed by atoms with van der Waals surface area (Å²) in [7, 11) is 1.63. The van der Waals surface area contributed by atoms with Crippen molar-refractivity contribution in [3.8, 4) is 5.75 Å². The van der Waals surface area contributed by atoms with Crippen LogP contribution in [-0.2, 0) is 11.3 Å². The average Bonchev–Trinajstić information content (AvgIpc) is 3.34. The van der Waals surface area contributed by atoms with Gasteiger partial charge >= 0.3 is 6.09 Å². The number of carbonyl (C=O) groups excluding carboxylic acids is 1. The number of ether oxygens (including phenoxy) is 2. The van der Waals surface area contributed by atoms with Crippen molar-refractivity contribution in [2.45, 2.75) is 45.4 Å². The SMILES string of the molecule is COc1ccc(Cn2nc(N[C@@H]3CCN(C(=O)OC(C)(C)C)C3)c3c(=O)cc[nH]c32)cc1. The number of likely N-dealkylation sites (tertiary alicyclic amines) is 1. The number of aromatic amines is 1. The standard InChI is InChI=1S/C23H29N5O4/c1-23(2,3)32-22(30)27-12-10-16(14-27)25-20-19-18(29)9-11-24-21(19)28(26-20)13-15-5-7-17(31-4)8-6-15/h5-9,11,16H,10,12-14H2,1-4H3,(H,24,29)(H,25,26)/t16-/m1/s1. The summed E-state index contributed by atoms with van der Waals surface area (Å²) in [6, 6.07) is 9.20. The van der Waals surface area contributed by atoms with Crippen LogP contribution in [-0.4, -0.2) is 57.6 Å². The molecule has 1 amide bonds. The Morgan fingerprint density at radius 3 is 2.69 bits per heavy atom. The molecular formula is C23H29N5O4. The minimum Gasteiger partial charge on any atom is -0.497 e. The van der Waals surface area contributed by atoms with Crippen molar-refractivity contribution in [2.75, 3.05) is 25.5 Å². The molecule has 1 aliphatic rings. The summed E-state index contributed by atoms with van der Waals surface area (Å²) in [5.41, 5.74) is 1.04. The second-order valence-electron chi connectivity index (χ2n) is 8.98. The number of hydrogen-bond acceptors (Lipinski definition) is 6. The molecule has 0 saturated carbocycles. The Morgan fingerprint density at radius 1 is 1.25 bits per heavy atom. The highest BCUT2D eigenvalue weighted by atomic mass is 16.6. The molecule has 2 aromatic heterocycles. The van der Waals surface area contributed by atoms with Crippen molar-refractivity contribution in [1.82, 2.24) is 19.7 Å². The van der Waals surface area contributed by atoms with Crippen molar-refractivity contribution in [1.29, 1.82) is 0 Å². The molecule has 3 aromatic rings. The zero-order chi connectivity index (χ0) is 22.9. The molecular weight excluding hydrogens is 410 g/mol. The molecule has 1 atom stereocenters. The van der Waals surface area contributed by atoms with Gasteiger partial charge in [-0.25, -0.2) is 9.48 Å². The smallest absolute Gasteiger partial charge is 0.410 e. The first-order valence-corrected chi connectivity index (χ1v) is 10.7. The van der Waals surface area contributed by atoms with Gasteiger partial charge in [0.25, 0.3) is 0 Å². The molecule has 0 radical (unpaired) electrons. The lowest BCUT2D eigenvalue weighted by Crippen LogP contribution is -2.36. The van der Waals surface area contributed by atoms with Gasteiger partial charge < -0.3 is 24.7 Å². The highest BCUT2D eigenvalue weighted by molar-refractivity contribution is 5.87. The molecule has 2 N–H and O–H groups in total. The molecule has 1 fully saturated rings. The van der Waals surface area contributed by atoms with Crippen LogP contribution in [0.2, 0.25) is 0 Å². The minimum absolute atomic E-state index is 0.0188. The predicted octanol–water partition coefficient (Wildman–Crippen LogP) is 3.20. The van der Waals surface area contributed by atoms with Crippen molar-refractivity contribution >= 4 is 22.9 Å². The highest BCUT2D eigenvalue weighted by Crippen LogP contribution is 2.23. The van der Waals surface area contributed by atoms with Crippen LogP contribution in [0.15, 0.2) is 41.3 Å². The van der Waals surface area contributed by atoms with Gasteiger partial charge in [0, 0.05) is 31.4 Å². The van der Waals surface area contributed by atoms with Crippen LogP contribution in [0.3, 0.4) is 0 Å². The first-order valence-electron chi connectivity index (χ1n) is 10.7. The number of hydrogen-bond donors (Lipinski definition) is 2. The van der Waals surface area contributed by atoms with E-state index in [-0.39, 0.29) is 17.6 Å². The van der Waals surface area contributed by atoms with Crippen LogP contribution >= 0.6 is 0 Å². The van der Waals surface area contributed by atoms with E-state index in [0.717, 1.165) is 17.7 Å². The van der Waals surface area contributed by atoms with Crippen LogP contribution < -0.4 is 15.5 Å². The maximum atomic E-state index is 12.6. The topological polar surface area (TPSA) is 101 Å². The average molecular weight is 440 g/mol. The molecule has 0 aliphatic carbocycles. The van der Waals surface area contributed by atoms with E-state index < -0.39 is 5.60 Å². The van der Waals surface area contributed by atoms with Gasteiger partial charge in [0.05, 0.1) is 13.7 Å². The number of nitrogens with zero attached hydrogens (tertiary/aromatic N) is 3. The minimum atomic E-state index is -0.535. The Morgan fingerprint density at radius 2 is 2.00 bits per heavy atom. The lowest BCUT2D eigenvalue weighted by atomic mass is 10.2. The zero-order valence-corrected chi connectivity index (χ0v) is 18.8. The number of benzene rings is 1. The molecule has 0 spiro atoms. The third-order valence-electron chi connectivity index (χ3n) is 5.33. The molecule has 32 heavy (non-hydrogen) atoms. The predicted molar refractivity (Wildman–Crippen MR) is 122 cm³/mol. The number of H-pyrrole nitrogens is 1. The van der Waals surface area contributed by atoms with Crippen LogP contribution in [0, 0.1) is 0 Å². The van der Waals surface area contributed by atoms with E-state index in [0.29, 0.717) is 36.5 Å². The highest BCUT2D eigenvalue weighted by Gasteiger charge is 2.30. The van der Waals surface area contributed by atoms with E-state index in [2.05, 4.69) is 15.4 Å². The van der Waals surface area contributed by atoms with Crippen LogP contribution in [0.1, 0.15) is 32.8 Å². The Hall–Kier alpha value is -3.49. The van der Waals surface area contributed by atoms with Gasteiger partial charge in [0.15, 0.2) is 11.2 Å². The van der Waals surface area contributed by atoms with E-state index >= 15 is 0 Å². The van der Waals surface area contributed by atoms with E-state index in [1.807, 2.05) is 45.0 Å². The lowest BCUT2D eigenvalue weighted by molar-refractivity contribution is 0.0293. The number of carbonyl (C=O) groups is 1. The Bertz CT molecular complexity index is 1160. The Kier molecular flexibility index (Phi) is 5.82. The van der Waals surface area contributed by atoms with E-state index in [4.69, 9.17) is 9.47 Å². The molecule has 9 heteroatoms. The number of rotatable bonds is 5. The van der Waals surface area contributed by atoms with Crippen LogP contribution in [0.5, 0.6) is 5.75 Å². The molecule has 0 unspecified atom stereocenters. The van der Waals surface area contributed by atoms with Gasteiger partial charge in [-0.1, -0.05) is 12.1 Å². The second kappa shape index (κ2) is 8.57. The maximum absolute atomic E-state index is 12.6. The third kappa shape index (κ3) is 4.71. The first-order chi connectivity index (χ1) is 15.2. The van der Waals surface area contributed by atoms with Gasteiger partial charge in [0.1, 0.15) is 22.4 Å². The Labute approximate surface area is 186 Å². The summed E-state index contributed by atoms with van der Waals surface area (Å²) in [5.74, 6) is 1.30. The van der Waals surface area contributed by atoms with Crippen molar-refractivity contribution < 1.29 is 14.3 Å². The maximum Gasteiger partial charge on any atom is 0.410 e. The number of amides is 1.